The molecule has 1 saturated heterocycles. The van der Waals surface area contributed by atoms with Crippen LogP contribution in [0.3, 0.4) is 0 Å². The zero-order valence-corrected chi connectivity index (χ0v) is 11.1. The summed E-state index contributed by atoms with van der Waals surface area (Å²) in [5.41, 5.74) is -1.88. The fourth-order valence-electron chi connectivity index (χ4n) is 2.08. The van der Waals surface area contributed by atoms with Crippen LogP contribution in [0.1, 0.15) is 11.8 Å². The molecule has 10 heteroatoms. The summed E-state index contributed by atoms with van der Waals surface area (Å²) in [6, 6.07) is 0. The first-order valence-electron chi connectivity index (χ1n) is 6.24. The second-order valence-electron chi connectivity index (χ2n) is 4.65. The van der Waals surface area contributed by atoms with Gasteiger partial charge in [0.15, 0.2) is 6.23 Å². The van der Waals surface area contributed by atoms with Crippen LogP contribution in [-0.2, 0) is 9.53 Å². The molecule has 1 aliphatic heterocycles. The number of aromatic nitrogens is 2. The van der Waals surface area contributed by atoms with Gasteiger partial charge in [0, 0.05) is 12.3 Å². The van der Waals surface area contributed by atoms with Crippen LogP contribution < -0.4 is 11.2 Å². The van der Waals surface area contributed by atoms with E-state index < -0.39 is 48.4 Å². The van der Waals surface area contributed by atoms with Crippen molar-refractivity contribution in [2.45, 2.75) is 24.5 Å². The molecule has 0 saturated carbocycles. The van der Waals surface area contributed by atoms with Crippen LogP contribution in [-0.4, -0.2) is 60.9 Å². The number of carboxylic acids is 1. The van der Waals surface area contributed by atoms with Crippen molar-refractivity contribution in [1.29, 1.82) is 0 Å². The molecule has 4 atom stereocenters. The van der Waals surface area contributed by atoms with Gasteiger partial charge in [-0.25, -0.2) is 9.59 Å². The van der Waals surface area contributed by atoms with Crippen molar-refractivity contribution in [3.05, 3.63) is 38.7 Å². The van der Waals surface area contributed by atoms with Gasteiger partial charge in [0.1, 0.15) is 18.3 Å². The average molecular weight is 314 g/mol. The highest BCUT2D eigenvalue weighted by atomic mass is 16.6. The average Bonchev–Trinajstić information content (AvgIpc) is 2.74. The lowest BCUT2D eigenvalue weighted by atomic mass is 10.1. The Morgan fingerprint density at radius 3 is 2.59 bits per heavy atom. The summed E-state index contributed by atoms with van der Waals surface area (Å²) in [6.45, 7) is -0.571. The maximum absolute atomic E-state index is 11.8. The highest BCUT2D eigenvalue weighted by molar-refractivity contribution is 5.85. The third kappa shape index (κ3) is 2.99. The van der Waals surface area contributed by atoms with Crippen LogP contribution in [0.2, 0.25) is 0 Å². The second-order valence-corrected chi connectivity index (χ2v) is 4.65. The Hall–Kier alpha value is -2.27. The molecule has 0 aliphatic carbocycles. The fraction of sp³-hybridized carbons (Fsp3) is 0.417. The van der Waals surface area contributed by atoms with Crippen molar-refractivity contribution in [3.8, 4) is 0 Å². The predicted octanol–water partition coefficient (Wildman–Crippen LogP) is -2.75. The van der Waals surface area contributed by atoms with Gasteiger partial charge in [-0.1, -0.05) is 0 Å². The Morgan fingerprint density at radius 1 is 1.36 bits per heavy atom. The van der Waals surface area contributed by atoms with Crippen LogP contribution in [0, 0.1) is 0 Å². The number of rotatable bonds is 4. The van der Waals surface area contributed by atoms with Crippen LogP contribution in [0.15, 0.2) is 21.9 Å². The molecule has 5 N–H and O–H groups in total. The van der Waals surface area contributed by atoms with Gasteiger partial charge in [-0.05, 0) is 6.08 Å². The number of aliphatic hydroxyl groups excluding tert-OH is 3. The molecular formula is C12H14N2O8. The van der Waals surface area contributed by atoms with Gasteiger partial charge < -0.3 is 25.2 Å². The molecule has 1 unspecified atom stereocenters. The van der Waals surface area contributed by atoms with Crippen LogP contribution >= 0.6 is 0 Å². The highest BCUT2D eigenvalue weighted by Gasteiger charge is 2.43. The molecule has 22 heavy (non-hydrogen) atoms. The number of hydrogen-bond donors (Lipinski definition) is 5. The number of hydrogen-bond acceptors (Lipinski definition) is 7. The monoisotopic (exact) mass is 314 g/mol. The molecule has 0 amide bonds. The van der Waals surface area contributed by atoms with Crippen LogP contribution in [0.5, 0.6) is 0 Å². The number of aromatic amines is 1. The highest BCUT2D eigenvalue weighted by Crippen LogP contribution is 2.27. The number of nitrogens with zero attached hydrogens (tertiary/aromatic N) is 1. The van der Waals surface area contributed by atoms with E-state index in [4.69, 9.17) is 14.9 Å². The van der Waals surface area contributed by atoms with E-state index in [1.165, 1.54) is 0 Å². The minimum absolute atomic E-state index is 0.153. The maximum Gasteiger partial charge on any atom is 0.330 e. The Morgan fingerprint density at radius 2 is 2.05 bits per heavy atom. The molecule has 120 valence electrons. The molecule has 1 aromatic heterocycles. The molecule has 1 fully saturated rings. The molecule has 1 aromatic rings. The number of carboxylic acid groups (broad SMARTS) is 1. The number of aliphatic carboxylic acids is 1. The molecule has 2 heterocycles. The van der Waals surface area contributed by atoms with Gasteiger partial charge in [0.2, 0.25) is 0 Å². The first kappa shape index (κ1) is 16.1. The zero-order chi connectivity index (χ0) is 16.4. The normalized spacial score (nSPS) is 28.3. The lowest BCUT2D eigenvalue weighted by Gasteiger charge is -2.17. The number of H-pyrrole nitrogens is 1. The van der Waals surface area contributed by atoms with Gasteiger partial charge in [0.25, 0.3) is 5.56 Å². The summed E-state index contributed by atoms with van der Waals surface area (Å²) in [7, 11) is 0. The number of nitrogens with one attached hydrogen (secondary N) is 1. The minimum atomic E-state index is -1.50. The Labute approximate surface area is 122 Å². The van der Waals surface area contributed by atoms with E-state index in [0.717, 1.165) is 16.8 Å². The molecular weight excluding hydrogens is 300 g/mol. The number of carbonyl (C=O) groups is 1. The van der Waals surface area contributed by atoms with Crippen molar-refractivity contribution in [2.75, 3.05) is 6.61 Å². The smallest absolute Gasteiger partial charge is 0.330 e. The van der Waals surface area contributed by atoms with Crippen molar-refractivity contribution in [1.82, 2.24) is 9.55 Å². The van der Waals surface area contributed by atoms with Crippen molar-refractivity contribution in [2.24, 2.45) is 0 Å². The molecule has 0 radical (unpaired) electrons. The summed E-state index contributed by atoms with van der Waals surface area (Å²) < 4.78 is 5.98. The van der Waals surface area contributed by atoms with E-state index in [-0.39, 0.29) is 5.56 Å². The first-order chi connectivity index (χ1) is 10.3. The number of ether oxygens (including phenoxy) is 1. The Balaban J connectivity index is 2.44. The standard InChI is InChI=1S/C12H14N2O8/c15-4-6-8(18)9(19)11(22-6)14-3-5(1-2-7(16)17)10(20)13-12(14)21/h1-3,6,8-9,11,15,18-19H,4H2,(H,16,17)(H,13,20,21)/b2-1-/t6-,8?,9+,11-/m1/s1. The Kier molecular flexibility index (Phi) is 4.56. The third-order valence-corrected chi connectivity index (χ3v) is 3.19. The molecule has 0 bridgehead atoms. The van der Waals surface area contributed by atoms with E-state index in [1.54, 1.807) is 0 Å². The van der Waals surface area contributed by atoms with E-state index >= 15 is 0 Å². The van der Waals surface area contributed by atoms with Gasteiger partial charge >= 0.3 is 11.7 Å². The van der Waals surface area contributed by atoms with Crippen molar-refractivity contribution < 1.29 is 30.0 Å². The number of aliphatic hydroxyl groups is 3. The first-order valence-corrected chi connectivity index (χ1v) is 6.24. The summed E-state index contributed by atoms with van der Waals surface area (Å²) in [6.07, 6.45) is -2.65. The third-order valence-electron chi connectivity index (χ3n) is 3.19. The van der Waals surface area contributed by atoms with E-state index in [9.17, 15) is 24.6 Å². The van der Waals surface area contributed by atoms with Crippen molar-refractivity contribution in [3.63, 3.8) is 0 Å². The minimum Gasteiger partial charge on any atom is -0.478 e. The molecule has 10 nitrogen and oxygen atoms in total. The largest absolute Gasteiger partial charge is 0.478 e. The molecule has 0 spiro atoms. The van der Waals surface area contributed by atoms with E-state index in [2.05, 4.69) is 0 Å². The fourth-order valence-corrected chi connectivity index (χ4v) is 2.08. The molecule has 0 aromatic carbocycles. The lowest BCUT2D eigenvalue weighted by molar-refractivity contribution is -0.131. The summed E-state index contributed by atoms with van der Waals surface area (Å²) in [5, 5.41) is 37.1. The van der Waals surface area contributed by atoms with Crippen molar-refractivity contribution >= 4 is 12.0 Å². The summed E-state index contributed by atoms with van der Waals surface area (Å²) in [4.78, 5) is 35.8. The topological polar surface area (TPSA) is 162 Å². The second kappa shape index (κ2) is 6.23. The van der Waals surface area contributed by atoms with E-state index in [1.807, 2.05) is 4.98 Å². The van der Waals surface area contributed by atoms with Crippen LogP contribution in [0.25, 0.3) is 6.08 Å². The lowest BCUT2D eigenvalue weighted by Crippen LogP contribution is -2.38. The summed E-state index contributed by atoms with van der Waals surface area (Å²) >= 11 is 0. The van der Waals surface area contributed by atoms with Gasteiger partial charge in [-0.15, -0.1) is 0 Å². The zero-order valence-electron chi connectivity index (χ0n) is 11.1. The molecule has 2 rings (SSSR count). The van der Waals surface area contributed by atoms with Gasteiger partial charge in [-0.3, -0.25) is 14.3 Å². The maximum atomic E-state index is 11.8. The SMILES string of the molecule is O=C(O)/C=C\c1cn([C@@H]2O[C@H](CO)C(O)[C@@H]2O)c(=O)[nH]c1=O. The Bertz CT molecular complexity index is 706. The van der Waals surface area contributed by atoms with Gasteiger partial charge in [0.05, 0.1) is 12.2 Å². The van der Waals surface area contributed by atoms with Crippen LogP contribution in [0.4, 0.5) is 0 Å². The molecule has 1 aliphatic rings. The van der Waals surface area contributed by atoms with Gasteiger partial charge in [-0.2, -0.15) is 0 Å². The predicted molar refractivity (Wildman–Crippen MR) is 71.0 cm³/mol. The summed E-state index contributed by atoms with van der Waals surface area (Å²) in [5.74, 6) is -1.29. The van der Waals surface area contributed by atoms with E-state index in [0.29, 0.717) is 6.08 Å². The quantitative estimate of drug-likeness (QED) is 0.373.